The third-order valence-electron chi connectivity index (χ3n) is 2.07. The molecule has 0 aromatic rings. The van der Waals surface area contributed by atoms with Crippen LogP contribution in [0.3, 0.4) is 0 Å². The second-order valence-electron chi connectivity index (χ2n) is 3.52. The first-order valence-corrected chi connectivity index (χ1v) is 5.83. The van der Waals surface area contributed by atoms with Crippen LogP contribution < -0.4 is 0 Å². The Labute approximate surface area is 106 Å². The van der Waals surface area contributed by atoms with E-state index in [1.54, 1.807) is 6.08 Å². The van der Waals surface area contributed by atoms with E-state index in [-0.39, 0.29) is 0 Å². The first kappa shape index (κ1) is 15.2. The molecule has 0 aliphatic heterocycles. The third-order valence-corrected chi connectivity index (χ3v) is 2.07. The lowest BCUT2D eigenvalue weighted by Gasteiger charge is -2.02. The van der Waals surface area contributed by atoms with Crippen LogP contribution in [0.15, 0.2) is 85.1 Å². The molecule has 0 N–H and O–H groups in total. The van der Waals surface area contributed by atoms with Crippen LogP contribution in [0.2, 0.25) is 0 Å². The maximum Gasteiger partial charge on any atom is -0.00259 e. The van der Waals surface area contributed by atoms with Gasteiger partial charge >= 0.3 is 0 Å². The molecule has 0 fully saturated rings. The first-order chi connectivity index (χ1) is 8.28. The van der Waals surface area contributed by atoms with Gasteiger partial charge in [-0.1, -0.05) is 73.9 Å². The van der Waals surface area contributed by atoms with E-state index in [2.05, 4.69) is 43.5 Å². The molecule has 0 aliphatic carbocycles. The van der Waals surface area contributed by atoms with Gasteiger partial charge in [0.05, 0.1) is 0 Å². The van der Waals surface area contributed by atoms with E-state index in [0.29, 0.717) is 0 Å². The fraction of sp³-hybridized carbons (Fsp3) is 0.176. The molecule has 0 bridgehead atoms. The molecule has 90 valence electrons. The van der Waals surface area contributed by atoms with Crippen LogP contribution in [0.4, 0.5) is 0 Å². The summed E-state index contributed by atoms with van der Waals surface area (Å²) >= 11 is 0. The van der Waals surface area contributed by atoms with Crippen molar-refractivity contribution in [3.8, 4) is 0 Å². The monoisotopic (exact) mass is 226 g/mol. The Kier molecular flexibility index (Phi) is 9.55. The van der Waals surface area contributed by atoms with Gasteiger partial charge in [-0.25, -0.2) is 0 Å². The summed E-state index contributed by atoms with van der Waals surface area (Å²) in [6.45, 7) is 11.5. The van der Waals surface area contributed by atoms with E-state index >= 15 is 0 Å². The van der Waals surface area contributed by atoms with Crippen molar-refractivity contribution in [3.05, 3.63) is 85.1 Å². The second-order valence-corrected chi connectivity index (χ2v) is 3.52. The Hall–Kier alpha value is -1.82. The van der Waals surface area contributed by atoms with Crippen LogP contribution in [-0.2, 0) is 0 Å². The molecule has 0 heterocycles. The lowest BCUT2D eigenvalue weighted by Crippen LogP contribution is -1.83. The molecule has 0 saturated heterocycles. The van der Waals surface area contributed by atoms with Gasteiger partial charge in [-0.3, -0.25) is 0 Å². The Balaban J connectivity index is 4.92. The van der Waals surface area contributed by atoms with Gasteiger partial charge in [0.1, 0.15) is 0 Å². The van der Waals surface area contributed by atoms with Crippen LogP contribution in [0.25, 0.3) is 0 Å². The Bertz CT molecular complexity index is 371. The lowest BCUT2D eigenvalue weighted by molar-refractivity contribution is 1.20. The van der Waals surface area contributed by atoms with Crippen molar-refractivity contribution < 1.29 is 0 Å². The van der Waals surface area contributed by atoms with Crippen LogP contribution in [-0.4, -0.2) is 0 Å². The number of allylic oxidation sites excluding steroid dienone is 12. The van der Waals surface area contributed by atoms with E-state index in [1.807, 2.05) is 38.2 Å². The third kappa shape index (κ3) is 8.04. The summed E-state index contributed by atoms with van der Waals surface area (Å²) in [5.74, 6) is 0. The summed E-state index contributed by atoms with van der Waals surface area (Å²) in [5, 5.41) is 0. The zero-order valence-corrected chi connectivity index (χ0v) is 10.9. The lowest BCUT2D eigenvalue weighted by atomic mass is 10.0. The quantitative estimate of drug-likeness (QED) is 0.516. The molecule has 0 radical (unpaired) electrons. The number of hydrogen-bond acceptors (Lipinski definition) is 0. The van der Waals surface area contributed by atoms with Crippen molar-refractivity contribution in [2.24, 2.45) is 0 Å². The Morgan fingerprint density at radius 2 is 1.53 bits per heavy atom. The maximum atomic E-state index is 3.74. The molecule has 0 saturated carbocycles. The molecule has 0 aromatic heterocycles. The SMILES string of the molecule is C=C/C=C\C(=C/C=C)CC(/C=C\C)=C/C=C\C. The Morgan fingerprint density at radius 3 is 2.06 bits per heavy atom. The van der Waals surface area contributed by atoms with Gasteiger partial charge in [0.25, 0.3) is 0 Å². The molecule has 0 nitrogen and oxygen atoms in total. The van der Waals surface area contributed by atoms with Crippen LogP contribution in [0, 0.1) is 0 Å². The average Bonchev–Trinajstić information content (AvgIpc) is 2.33. The minimum Gasteiger partial charge on any atom is -0.0991 e. The minimum absolute atomic E-state index is 0.894. The number of hydrogen-bond donors (Lipinski definition) is 0. The second kappa shape index (κ2) is 10.7. The highest BCUT2D eigenvalue weighted by Crippen LogP contribution is 2.14. The van der Waals surface area contributed by atoms with E-state index in [4.69, 9.17) is 0 Å². The van der Waals surface area contributed by atoms with Gasteiger partial charge in [-0.05, 0) is 31.4 Å². The van der Waals surface area contributed by atoms with Crippen molar-refractivity contribution in [2.75, 3.05) is 0 Å². The first-order valence-electron chi connectivity index (χ1n) is 5.83. The predicted molar refractivity (Wildman–Crippen MR) is 79.9 cm³/mol. The molecular weight excluding hydrogens is 204 g/mol. The molecule has 0 heteroatoms. The summed E-state index contributed by atoms with van der Waals surface area (Å²) in [5.41, 5.74) is 2.49. The van der Waals surface area contributed by atoms with Gasteiger partial charge in [0, 0.05) is 0 Å². The molecule has 0 unspecified atom stereocenters. The van der Waals surface area contributed by atoms with E-state index in [0.717, 1.165) is 6.42 Å². The minimum atomic E-state index is 0.894. The molecule has 0 amide bonds. The summed E-state index contributed by atoms with van der Waals surface area (Å²) in [7, 11) is 0. The zero-order valence-electron chi connectivity index (χ0n) is 10.9. The predicted octanol–water partition coefficient (Wildman–Crippen LogP) is 5.31. The number of rotatable bonds is 7. The van der Waals surface area contributed by atoms with E-state index < -0.39 is 0 Å². The average molecular weight is 226 g/mol. The van der Waals surface area contributed by atoms with Gasteiger partial charge in [-0.2, -0.15) is 0 Å². The maximum absolute atomic E-state index is 3.74. The largest absolute Gasteiger partial charge is 0.0991 e. The summed E-state index contributed by atoms with van der Waals surface area (Å²) in [4.78, 5) is 0. The molecular formula is C17H22. The van der Waals surface area contributed by atoms with Gasteiger partial charge < -0.3 is 0 Å². The summed E-state index contributed by atoms with van der Waals surface area (Å²) in [6, 6.07) is 0. The van der Waals surface area contributed by atoms with Crippen LogP contribution in [0.5, 0.6) is 0 Å². The van der Waals surface area contributed by atoms with E-state index in [1.165, 1.54) is 11.1 Å². The van der Waals surface area contributed by atoms with Crippen molar-refractivity contribution in [2.45, 2.75) is 20.3 Å². The van der Waals surface area contributed by atoms with Crippen LogP contribution in [0.1, 0.15) is 20.3 Å². The zero-order chi connectivity index (χ0) is 12.9. The molecule has 0 atom stereocenters. The van der Waals surface area contributed by atoms with Gasteiger partial charge in [0.2, 0.25) is 0 Å². The summed E-state index contributed by atoms with van der Waals surface area (Å²) < 4.78 is 0. The fourth-order valence-corrected chi connectivity index (χ4v) is 1.36. The molecule has 0 spiro atoms. The highest BCUT2D eigenvalue weighted by Gasteiger charge is 1.95. The standard InChI is InChI=1S/C17H22/c1-5-9-13-16(11-7-3)15-17(12-8-4)14-10-6-2/h5-14H,1,3,15H2,2,4H3/b10-6-,12-8-,13-9-,16-11+,17-14+. The highest BCUT2D eigenvalue weighted by molar-refractivity contribution is 5.35. The molecule has 0 aliphatic rings. The smallest absolute Gasteiger partial charge is 0.00259 e. The topological polar surface area (TPSA) is 0 Å². The highest BCUT2D eigenvalue weighted by atomic mass is 14.0. The van der Waals surface area contributed by atoms with Crippen molar-refractivity contribution >= 4 is 0 Å². The normalized spacial score (nSPS) is 14.0. The Morgan fingerprint density at radius 1 is 0.824 bits per heavy atom. The molecule has 0 rings (SSSR count). The molecule has 17 heavy (non-hydrogen) atoms. The summed E-state index contributed by atoms with van der Waals surface area (Å²) in [6.07, 6.45) is 20.9. The van der Waals surface area contributed by atoms with Crippen molar-refractivity contribution in [1.82, 2.24) is 0 Å². The van der Waals surface area contributed by atoms with Gasteiger partial charge in [0.15, 0.2) is 0 Å². The fourth-order valence-electron chi connectivity index (χ4n) is 1.36. The van der Waals surface area contributed by atoms with Crippen molar-refractivity contribution in [1.29, 1.82) is 0 Å². The van der Waals surface area contributed by atoms with Crippen LogP contribution >= 0.6 is 0 Å². The van der Waals surface area contributed by atoms with Crippen molar-refractivity contribution in [3.63, 3.8) is 0 Å². The van der Waals surface area contributed by atoms with E-state index in [9.17, 15) is 0 Å². The van der Waals surface area contributed by atoms with Gasteiger partial charge in [-0.15, -0.1) is 0 Å². The molecule has 0 aromatic carbocycles.